The molecule has 2 heterocycles. The van der Waals surface area contributed by atoms with E-state index in [4.69, 9.17) is 11.6 Å². The highest BCUT2D eigenvalue weighted by Crippen LogP contribution is 2.24. The van der Waals surface area contributed by atoms with Crippen LogP contribution in [0.2, 0.25) is 5.02 Å². The van der Waals surface area contributed by atoms with Gasteiger partial charge in [0.2, 0.25) is 11.8 Å². The quantitative estimate of drug-likeness (QED) is 0.912. The monoisotopic (exact) mass is 321 g/mol. The second kappa shape index (κ2) is 6.26. The lowest BCUT2D eigenvalue weighted by molar-refractivity contribution is -0.138. The molecule has 0 bridgehead atoms. The maximum absolute atomic E-state index is 12.3. The molecule has 2 aliphatic rings. The van der Waals surface area contributed by atoms with Gasteiger partial charge in [-0.25, -0.2) is 0 Å². The number of rotatable bonds is 3. The number of amides is 2. The summed E-state index contributed by atoms with van der Waals surface area (Å²) in [6.07, 6.45) is 0.836. The summed E-state index contributed by atoms with van der Waals surface area (Å²) in [4.78, 5) is 27.6. The Morgan fingerprint density at radius 3 is 2.73 bits per heavy atom. The first-order valence-electron chi connectivity index (χ1n) is 7.54. The molecule has 5 nitrogen and oxygen atoms in total. The molecule has 118 valence electrons. The number of nitrogens with one attached hydrogen (secondary N) is 1. The van der Waals surface area contributed by atoms with Crippen LogP contribution in [0.25, 0.3) is 0 Å². The normalized spacial score (nSPS) is 25.2. The van der Waals surface area contributed by atoms with Crippen LogP contribution in [0.1, 0.15) is 18.9 Å². The third-order valence-electron chi connectivity index (χ3n) is 4.29. The molecular formula is C16H20ClN3O2. The summed E-state index contributed by atoms with van der Waals surface area (Å²) in [7, 11) is 0. The second-order valence-electron chi connectivity index (χ2n) is 6.13. The van der Waals surface area contributed by atoms with Gasteiger partial charge < -0.3 is 10.2 Å². The maximum Gasteiger partial charge on any atom is 0.237 e. The molecule has 2 amide bonds. The minimum atomic E-state index is -0.0321. The Morgan fingerprint density at radius 2 is 2.05 bits per heavy atom. The first-order valence-corrected chi connectivity index (χ1v) is 7.92. The minimum Gasteiger partial charge on any atom is -0.352 e. The highest BCUT2D eigenvalue weighted by Gasteiger charge is 2.40. The summed E-state index contributed by atoms with van der Waals surface area (Å²) in [5, 5.41) is 3.64. The van der Waals surface area contributed by atoms with Gasteiger partial charge in [-0.05, 0) is 24.1 Å². The Morgan fingerprint density at radius 1 is 1.32 bits per heavy atom. The first kappa shape index (κ1) is 15.3. The molecule has 2 atom stereocenters. The van der Waals surface area contributed by atoms with Crippen molar-refractivity contribution in [2.75, 3.05) is 19.6 Å². The number of carbonyl (C=O) groups is 2. The van der Waals surface area contributed by atoms with E-state index in [1.54, 1.807) is 0 Å². The van der Waals surface area contributed by atoms with Crippen LogP contribution < -0.4 is 5.32 Å². The summed E-state index contributed by atoms with van der Waals surface area (Å²) >= 11 is 5.90. The maximum atomic E-state index is 12.3. The fraction of sp³-hybridized carbons (Fsp3) is 0.500. The van der Waals surface area contributed by atoms with Gasteiger partial charge in [0.1, 0.15) is 0 Å². The van der Waals surface area contributed by atoms with Gasteiger partial charge in [0, 0.05) is 43.7 Å². The van der Waals surface area contributed by atoms with Gasteiger partial charge in [-0.3, -0.25) is 14.5 Å². The van der Waals surface area contributed by atoms with Crippen LogP contribution in [0.3, 0.4) is 0 Å². The smallest absolute Gasteiger partial charge is 0.237 e. The van der Waals surface area contributed by atoms with Crippen molar-refractivity contribution in [3.8, 4) is 0 Å². The summed E-state index contributed by atoms with van der Waals surface area (Å²) in [5.41, 5.74) is 1.15. The predicted octanol–water partition coefficient (Wildman–Crippen LogP) is 1.26. The molecule has 0 unspecified atom stereocenters. The molecule has 0 radical (unpaired) electrons. The summed E-state index contributed by atoms with van der Waals surface area (Å²) < 4.78 is 0. The molecule has 1 N–H and O–H groups in total. The molecule has 2 saturated heterocycles. The molecule has 2 fully saturated rings. The van der Waals surface area contributed by atoms with Gasteiger partial charge in [-0.15, -0.1) is 0 Å². The number of nitrogens with zero attached hydrogens (tertiary/aromatic N) is 2. The van der Waals surface area contributed by atoms with Crippen molar-refractivity contribution in [3.63, 3.8) is 0 Å². The topological polar surface area (TPSA) is 52.7 Å². The van der Waals surface area contributed by atoms with E-state index in [-0.39, 0.29) is 23.9 Å². The van der Waals surface area contributed by atoms with Crippen LogP contribution in [-0.2, 0) is 16.1 Å². The second-order valence-corrected chi connectivity index (χ2v) is 6.57. The van der Waals surface area contributed by atoms with Crippen LogP contribution in [0.4, 0.5) is 0 Å². The number of carbonyl (C=O) groups excluding carboxylic acids is 2. The lowest BCUT2D eigenvalue weighted by Crippen LogP contribution is -2.53. The van der Waals surface area contributed by atoms with E-state index in [1.165, 1.54) is 6.92 Å². The zero-order valence-corrected chi connectivity index (χ0v) is 13.3. The van der Waals surface area contributed by atoms with E-state index >= 15 is 0 Å². The van der Waals surface area contributed by atoms with Crippen molar-refractivity contribution < 1.29 is 9.59 Å². The van der Waals surface area contributed by atoms with Gasteiger partial charge >= 0.3 is 0 Å². The Bertz CT molecular complexity index is 575. The average Bonchev–Trinajstić information content (AvgIpc) is 2.83. The van der Waals surface area contributed by atoms with Gasteiger partial charge in [0.05, 0.1) is 6.54 Å². The zero-order chi connectivity index (χ0) is 15.7. The Balaban J connectivity index is 1.62. The molecule has 22 heavy (non-hydrogen) atoms. The largest absolute Gasteiger partial charge is 0.352 e. The fourth-order valence-electron chi connectivity index (χ4n) is 3.40. The molecule has 1 aromatic carbocycles. The van der Waals surface area contributed by atoms with E-state index in [9.17, 15) is 9.59 Å². The Labute approximate surface area is 135 Å². The van der Waals surface area contributed by atoms with E-state index in [0.717, 1.165) is 30.1 Å². The van der Waals surface area contributed by atoms with Crippen molar-refractivity contribution in [1.29, 1.82) is 0 Å². The summed E-state index contributed by atoms with van der Waals surface area (Å²) in [6, 6.07) is 8.02. The van der Waals surface area contributed by atoms with Crippen molar-refractivity contribution in [2.24, 2.45) is 0 Å². The van der Waals surface area contributed by atoms with Gasteiger partial charge in [0.15, 0.2) is 0 Å². The Kier molecular flexibility index (Phi) is 4.36. The van der Waals surface area contributed by atoms with Crippen LogP contribution in [-0.4, -0.2) is 53.3 Å². The van der Waals surface area contributed by atoms with E-state index in [2.05, 4.69) is 10.2 Å². The Hall–Kier alpha value is -1.59. The van der Waals surface area contributed by atoms with Gasteiger partial charge in [-0.1, -0.05) is 23.7 Å². The molecule has 3 rings (SSSR count). The molecule has 1 aromatic rings. The van der Waals surface area contributed by atoms with Crippen LogP contribution in [0.15, 0.2) is 24.3 Å². The molecule has 2 aliphatic heterocycles. The molecule has 0 saturated carbocycles. The number of benzene rings is 1. The van der Waals surface area contributed by atoms with E-state index in [1.807, 2.05) is 29.2 Å². The predicted molar refractivity (Wildman–Crippen MR) is 84.5 cm³/mol. The number of hydrogen-bond acceptors (Lipinski definition) is 3. The van der Waals surface area contributed by atoms with Crippen LogP contribution in [0, 0.1) is 0 Å². The zero-order valence-electron chi connectivity index (χ0n) is 12.6. The third-order valence-corrected chi connectivity index (χ3v) is 4.54. The van der Waals surface area contributed by atoms with Crippen LogP contribution in [0.5, 0.6) is 0 Å². The number of hydrogen-bond donors (Lipinski definition) is 1. The molecule has 0 aliphatic carbocycles. The summed E-state index contributed by atoms with van der Waals surface area (Å²) in [5.74, 6) is 0.119. The lowest BCUT2D eigenvalue weighted by atomic mass is 10.1. The van der Waals surface area contributed by atoms with Crippen LogP contribution >= 0.6 is 11.6 Å². The molecule has 0 aromatic heterocycles. The first-order chi connectivity index (χ1) is 10.5. The highest BCUT2D eigenvalue weighted by molar-refractivity contribution is 6.30. The molecule has 0 spiro atoms. The number of halogens is 1. The van der Waals surface area contributed by atoms with Crippen molar-refractivity contribution in [3.05, 3.63) is 34.9 Å². The van der Waals surface area contributed by atoms with Crippen molar-refractivity contribution in [1.82, 2.24) is 15.1 Å². The van der Waals surface area contributed by atoms with Crippen molar-refractivity contribution >= 4 is 23.4 Å². The minimum absolute atomic E-state index is 0.0321. The average molecular weight is 322 g/mol. The van der Waals surface area contributed by atoms with E-state index in [0.29, 0.717) is 13.1 Å². The van der Waals surface area contributed by atoms with Gasteiger partial charge in [0.25, 0.3) is 0 Å². The third kappa shape index (κ3) is 3.42. The molecule has 6 heteroatoms. The van der Waals surface area contributed by atoms with E-state index < -0.39 is 0 Å². The standard InChI is InChI=1S/C16H20ClN3O2/c1-11(21)18-14-6-15-9-19(10-16(22)20(15)8-14)7-12-2-4-13(17)5-3-12/h2-5,14-15H,6-10H2,1H3,(H,18,21)/t14-,15-/m0/s1. The number of piperazine rings is 1. The lowest BCUT2D eigenvalue weighted by Gasteiger charge is -2.36. The van der Waals surface area contributed by atoms with Gasteiger partial charge in [-0.2, -0.15) is 0 Å². The summed E-state index contributed by atoms with van der Waals surface area (Å²) in [6.45, 7) is 4.19. The highest BCUT2D eigenvalue weighted by atomic mass is 35.5. The number of fused-ring (bicyclic) bond motifs is 1. The fourth-order valence-corrected chi connectivity index (χ4v) is 3.53. The molecular weight excluding hydrogens is 302 g/mol. The van der Waals surface area contributed by atoms with Crippen molar-refractivity contribution in [2.45, 2.75) is 32.0 Å². The SMILES string of the molecule is CC(=O)N[C@H]1C[C@H]2CN(Cc3ccc(Cl)cc3)CC(=O)N2C1.